The molecule has 0 saturated heterocycles. The molecule has 21 heavy (non-hydrogen) atoms. The normalized spacial score (nSPS) is 10.5. The molecule has 3 rings (SSSR count). The first-order valence-corrected chi connectivity index (χ1v) is 6.74. The number of benzene rings is 1. The van der Waals surface area contributed by atoms with Gasteiger partial charge in [-0.2, -0.15) is 0 Å². The van der Waals surface area contributed by atoms with E-state index >= 15 is 0 Å². The maximum absolute atomic E-state index is 12.3. The van der Waals surface area contributed by atoms with Crippen molar-refractivity contribution in [2.24, 2.45) is 0 Å². The lowest BCUT2D eigenvalue weighted by Crippen LogP contribution is -2.10. The van der Waals surface area contributed by atoms with Gasteiger partial charge in [0.2, 0.25) is 0 Å². The van der Waals surface area contributed by atoms with Crippen LogP contribution in [0.3, 0.4) is 0 Å². The van der Waals surface area contributed by atoms with Gasteiger partial charge in [0.15, 0.2) is 5.78 Å². The van der Waals surface area contributed by atoms with E-state index in [0.29, 0.717) is 18.5 Å². The molecular weight excluding hydrogens is 264 g/mol. The van der Waals surface area contributed by atoms with Gasteiger partial charge in [-0.25, -0.2) is 4.68 Å². The quantitative estimate of drug-likeness (QED) is 0.673. The Balaban J connectivity index is 1.76. The number of hydrogen-bond acceptors (Lipinski definition) is 4. The third-order valence-corrected chi connectivity index (χ3v) is 3.17. The highest BCUT2D eigenvalue weighted by atomic mass is 16.1. The first-order chi connectivity index (χ1) is 10.3. The van der Waals surface area contributed by atoms with Crippen molar-refractivity contribution >= 4 is 5.78 Å². The molecule has 0 aliphatic rings. The van der Waals surface area contributed by atoms with Gasteiger partial charge in [0, 0.05) is 18.3 Å². The SMILES string of the molecule is O=C(CCc1ccccn1)c1cnnn1-c1ccccc1. The molecule has 0 spiro atoms. The van der Waals surface area contributed by atoms with Gasteiger partial charge in [-0.15, -0.1) is 5.10 Å². The molecule has 0 radical (unpaired) electrons. The average Bonchev–Trinajstić information content (AvgIpc) is 3.04. The van der Waals surface area contributed by atoms with E-state index in [1.165, 1.54) is 6.20 Å². The molecule has 0 aliphatic carbocycles. The predicted octanol–water partition coefficient (Wildman–Crippen LogP) is 2.48. The van der Waals surface area contributed by atoms with Gasteiger partial charge in [0.25, 0.3) is 0 Å². The second-order valence-electron chi connectivity index (χ2n) is 4.61. The highest BCUT2D eigenvalue weighted by Crippen LogP contribution is 2.11. The Hall–Kier alpha value is -2.82. The van der Waals surface area contributed by atoms with Crippen LogP contribution in [0.4, 0.5) is 0 Å². The van der Waals surface area contributed by atoms with Gasteiger partial charge in [-0.3, -0.25) is 9.78 Å². The Kier molecular flexibility index (Phi) is 3.82. The molecule has 2 heterocycles. The summed E-state index contributed by atoms with van der Waals surface area (Å²) in [7, 11) is 0. The summed E-state index contributed by atoms with van der Waals surface area (Å²) in [5.74, 6) is 0.00880. The fourth-order valence-corrected chi connectivity index (χ4v) is 2.10. The maximum Gasteiger partial charge on any atom is 0.183 e. The fraction of sp³-hybridized carbons (Fsp3) is 0.125. The third-order valence-electron chi connectivity index (χ3n) is 3.17. The van der Waals surface area contributed by atoms with Crippen molar-refractivity contribution in [3.63, 3.8) is 0 Å². The number of aryl methyl sites for hydroxylation is 1. The number of rotatable bonds is 5. The lowest BCUT2D eigenvalue weighted by Gasteiger charge is -2.05. The second kappa shape index (κ2) is 6.09. The maximum atomic E-state index is 12.3. The molecule has 0 bridgehead atoms. The first-order valence-electron chi connectivity index (χ1n) is 6.74. The minimum Gasteiger partial charge on any atom is -0.292 e. The van der Waals surface area contributed by atoms with Crippen LogP contribution in [0.25, 0.3) is 5.69 Å². The number of pyridine rings is 1. The van der Waals surface area contributed by atoms with Gasteiger partial charge in [0.05, 0.1) is 11.9 Å². The van der Waals surface area contributed by atoms with Crippen molar-refractivity contribution in [1.82, 2.24) is 20.0 Å². The van der Waals surface area contributed by atoms with E-state index in [4.69, 9.17) is 0 Å². The number of aromatic nitrogens is 4. The monoisotopic (exact) mass is 278 g/mol. The summed E-state index contributed by atoms with van der Waals surface area (Å²) in [6.07, 6.45) is 4.24. The fourth-order valence-electron chi connectivity index (χ4n) is 2.10. The first kappa shape index (κ1) is 13.2. The molecule has 0 amide bonds. The summed E-state index contributed by atoms with van der Waals surface area (Å²) in [5.41, 5.74) is 2.23. The summed E-state index contributed by atoms with van der Waals surface area (Å²) in [4.78, 5) is 16.6. The zero-order valence-electron chi connectivity index (χ0n) is 11.4. The van der Waals surface area contributed by atoms with Crippen LogP contribution in [0.15, 0.2) is 60.9 Å². The molecule has 0 fully saturated rings. The van der Waals surface area contributed by atoms with Crippen LogP contribution in [0.1, 0.15) is 22.6 Å². The van der Waals surface area contributed by atoms with Crippen molar-refractivity contribution in [1.29, 1.82) is 0 Å². The number of para-hydroxylation sites is 1. The molecule has 0 saturated carbocycles. The van der Waals surface area contributed by atoms with E-state index in [9.17, 15) is 4.79 Å². The van der Waals surface area contributed by atoms with Crippen LogP contribution in [0.2, 0.25) is 0 Å². The van der Waals surface area contributed by atoms with Crippen LogP contribution < -0.4 is 0 Å². The van der Waals surface area contributed by atoms with Crippen molar-refractivity contribution in [2.75, 3.05) is 0 Å². The van der Waals surface area contributed by atoms with E-state index in [-0.39, 0.29) is 5.78 Å². The number of carbonyl (C=O) groups is 1. The minimum absolute atomic E-state index is 0.00880. The molecule has 3 aromatic rings. The van der Waals surface area contributed by atoms with Crippen molar-refractivity contribution in [3.05, 3.63) is 72.3 Å². The molecule has 5 nitrogen and oxygen atoms in total. The molecular formula is C16H14N4O. The largest absolute Gasteiger partial charge is 0.292 e. The van der Waals surface area contributed by atoms with E-state index in [1.807, 2.05) is 48.5 Å². The summed E-state index contributed by atoms with van der Waals surface area (Å²) >= 11 is 0. The molecule has 0 aliphatic heterocycles. The number of Topliss-reactive ketones (excluding diaryl/α,β-unsaturated/α-hetero) is 1. The Bertz CT molecular complexity index is 722. The lowest BCUT2D eigenvalue weighted by atomic mass is 10.1. The Morgan fingerprint density at radius 1 is 1.05 bits per heavy atom. The predicted molar refractivity (Wildman–Crippen MR) is 78.2 cm³/mol. The number of ketones is 1. The lowest BCUT2D eigenvalue weighted by molar-refractivity contribution is 0.0975. The number of nitrogens with zero attached hydrogens (tertiary/aromatic N) is 4. The Morgan fingerprint density at radius 3 is 2.62 bits per heavy atom. The van der Waals surface area contributed by atoms with Gasteiger partial charge >= 0.3 is 0 Å². The van der Waals surface area contributed by atoms with Crippen LogP contribution in [-0.4, -0.2) is 25.8 Å². The van der Waals surface area contributed by atoms with E-state index in [1.54, 1.807) is 10.9 Å². The van der Waals surface area contributed by atoms with Gasteiger partial charge < -0.3 is 0 Å². The molecule has 1 aromatic carbocycles. The molecule has 0 atom stereocenters. The number of hydrogen-bond donors (Lipinski definition) is 0. The molecule has 5 heteroatoms. The van der Waals surface area contributed by atoms with Crippen molar-refractivity contribution in [3.8, 4) is 5.69 Å². The van der Waals surface area contributed by atoms with E-state index in [0.717, 1.165) is 11.4 Å². The van der Waals surface area contributed by atoms with E-state index in [2.05, 4.69) is 15.3 Å². The standard InChI is InChI=1S/C16H14N4O/c21-16(10-9-13-6-4-5-11-17-13)15-12-18-19-20(15)14-7-2-1-3-8-14/h1-8,11-12H,9-10H2. The molecule has 0 N–H and O–H groups in total. The number of carbonyl (C=O) groups excluding carboxylic acids is 1. The molecule has 2 aromatic heterocycles. The highest BCUT2D eigenvalue weighted by molar-refractivity contribution is 5.94. The zero-order chi connectivity index (χ0) is 14.5. The van der Waals surface area contributed by atoms with Crippen LogP contribution in [0.5, 0.6) is 0 Å². The third kappa shape index (κ3) is 3.02. The van der Waals surface area contributed by atoms with Gasteiger partial charge in [-0.05, 0) is 30.7 Å². The minimum atomic E-state index is 0.00880. The molecule has 0 unspecified atom stereocenters. The average molecular weight is 278 g/mol. The van der Waals surface area contributed by atoms with Crippen molar-refractivity contribution < 1.29 is 4.79 Å². The zero-order valence-corrected chi connectivity index (χ0v) is 11.4. The van der Waals surface area contributed by atoms with Crippen LogP contribution in [0, 0.1) is 0 Å². The summed E-state index contributed by atoms with van der Waals surface area (Å²) in [5, 5.41) is 7.84. The van der Waals surface area contributed by atoms with Crippen LogP contribution in [-0.2, 0) is 6.42 Å². The Morgan fingerprint density at radius 2 is 1.86 bits per heavy atom. The second-order valence-corrected chi connectivity index (χ2v) is 4.61. The Labute approximate surface area is 122 Å². The summed E-state index contributed by atoms with van der Waals surface area (Å²) < 4.78 is 1.57. The van der Waals surface area contributed by atoms with Gasteiger partial charge in [0.1, 0.15) is 5.69 Å². The van der Waals surface area contributed by atoms with E-state index < -0.39 is 0 Å². The smallest absolute Gasteiger partial charge is 0.183 e. The highest BCUT2D eigenvalue weighted by Gasteiger charge is 2.14. The molecule has 104 valence electrons. The summed E-state index contributed by atoms with van der Waals surface area (Å²) in [6.45, 7) is 0. The van der Waals surface area contributed by atoms with Crippen molar-refractivity contribution in [2.45, 2.75) is 12.8 Å². The summed E-state index contributed by atoms with van der Waals surface area (Å²) in [6, 6.07) is 15.2. The topological polar surface area (TPSA) is 60.7 Å². The van der Waals surface area contributed by atoms with Crippen LogP contribution >= 0.6 is 0 Å². The van der Waals surface area contributed by atoms with Gasteiger partial charge in [-0.1, -0.05) is 29.5 Å².